The second-order valence-electron chi connectivity index (χ2n) is 6.76. The molecule has 0 bridgehead atoms. The molecular formula is C19H32N4. The Bertz CT molecular complexity index is 485. The number of guanidine groups is 1. The Morgan fingerprint density at radius 3 is 2.65 bits per heavy atom. The van der Waals surface area contributed by atoms with Gasteiger partial charge in [-0.3, -0.25) is 9.89 Å². The third kappa shape index (κ3) is 6.22. The van der Waals surface area contributed by atoms with Crippen molar-refractivity contribution >= 4 is 5.96 Å². The van der Waals surface area contributed by atoms with E-state index in [0.717, 1.165) is 37.9 Å². The third-order valence-corrected chi connectivity index (χ3v) is 4.62. The van der Waals surface area contributed by atoms with Gasteiger partial charge in [-0.25, -0.2) is 0 Å². The van der Waals surface area contributed by atoms with Crippen molar-refractivity contribution in [2.75, 3.05) is 20.1 Å². The summed E-state index contributed by atoms with van der Waals surface area (Å²) in [7, 11) is 2.19. The summed E-state index contributed by atoms with van der Waals surface area (Å²) in [6, 6.07) is 11.8. The molecule has 1 aliphatic rings. The van der Waals surface area contributed by atoms with Gasteiger partial charge >= 0.3 is 0 Å². The fourth-order valence-electron chi connectivity index (χ4n) is 2.63. The topological polar surface area (TPSA) is 39.7 Å². The van der Waals surface area contributed by atoms with Crippen LogP contribution in [0.5, 0.6) is 0 Å². The van der Waals surface area contributed by atoms with E-state index in [2.05, 4.69) is 73.7 Å². The summed E-state index contributed by atoms with van der Waals surface area (Å²) in [5, 5.41) is 6.85. The Hall–Kier alpha value is -1.55. The standard InChI is InChI=1S/C19H32N4/c1-5-20-19(22-18-13-15(18)2)21-12-11-16(3)23(4)14-17-9-7-6-8-10-17/h6-10,15-16,18H,5,11-14H2,1-4H3,(H2,20,21,22). The Balaban J connectivity index is 1.75. The summed E-state index contributed by atoms with van der Waals surface area (Å²) in [6.45, 7) is 9.43. The van der Waals surface area contributed by atoms with Gasteiger partial charge < -0.3 is 10.6 Å². The lowest BCUT2D eigenvalue weighted by atomic mass is 10.1. The van der Waals surface area contributed by atoms with E-state index >= 15 is 0 Å². The average molecular weight is 316 g/mol. The summed E-state index contributed by atoms with van der Waals surface area (Å²) in [4.78, 5) is 7.12. The number of rotatable bonds is 8. The normalized spacial score (nSPS) is 22.0. The maximum absolute atomic E-state index is 4.73. The third-order valence-electron chi connectivity index (χ3n) is 4.62. The van der Waals surface area contributed by atoms with E-state index in [1.807, 2.05) is 0 Å². The quantitative estimate of drug-likeness (QED) is 0.572. The molecule has 3 unspecified atom stereocenters. The van der Waals surface area contributed by atoms with Crippen LogP contribution in [0.1, 0.15) is 39.2 Å². The van der Waals surface area contributed by atoms with Crippen LogP contribution >= 0.6 is 0 Å². The zero-order valence-electron chi connectivity index (χ0n) is 15.0. The van der Waals surface area contributed by atoms with E-state index in [9.17, 15) is 0 Å². The summed E-state index contributed by atoms with van der Waals surface area (Å²) < 4.78 is 0. The highest BCUT2D eigenvalue weighted by atomic mass is 15.2. The molecule has 2 N–H and O–H groups in total. The van der Waals surface area contributed by atoms with Crippen molar-refractivity contribution in [3.8, 4) is 0 Å². The van der Waals surface area contributed by atoms with Gasteiger partial charge in [0.2, 0.25) is 0 Å². The van der Waals surface area contributed by atoms with Gasteiger partial charge in [-0.2, -0.15) is 0 Å². The second kappa shape index (κ2) is 8.92. The Morgan fingerprint density at radius 1 is 1.35 bits per heavy atom. The molecule has 3 atom stereocenters. The van der Waals surface area contributed by atoms with Crippen molar-refractivity contribution in [3.05, 3.63) is 35.9 Å². The van der Waals surface area contributed by atoms with Crippen molar-refractivity contribution < 1.29 is 0 Å². The highest BCUT2D eigenvalue weighted by Crippen LogP contribution is 2.28. The zero-order valence-corrected chi connectivity index (χ0v) is 15.0. The second-order valence-corrected chi connectivity index (χ2v) is 6.76. The molecule has 128 valence electrons. The van der Waals surface area contributed by atoms with E-state index in [4.69, 9.17) is 4.99 Å². The van der Waals surface area contributed by atoms with Gasteiger partial charge in [-0.05, 0) is 45.2 Å². The van der Waals surface area contributed by atoms with E-state index in [-0.39, 0.29) is 0 Å². The number of benzene rings is 1. The van der Waals surface area contributed by atoms with Crippen LogP contribution in [0.3, 0.4) is 0 Å². The van der Waals surface area contributed by atoms with Crippen molar-refractivity contribution in [1.29, 1.82) is 0 Å². The van der Waals surface area contributed by atoms with Crippen LogP contribution in [0, 0.1) is 5.92 Å². The summed E-state index contributed by atoms with van der Waals surface area (Å²) in [6.07, 6.45) is 2.33. The average Bonchev–Trinajstić information content (AvgIpc) is 3.23. The SMILES string of the molecule is CCNC(=NCCC(C)N(C)Cc1ccccc1)NC1CC1C. The molecule has 1 aliphatic carbocycles. The van der Waals surface area contributed by atoms with Crippen molar-refractivity contribution in [2.45, 2.75) is 52.2 Å². The molecule has 0 spiro atoms. The predicted molar refractivity (Wildman–Crippen MR) is 98.7 cm³/mol. The molecule has 1 fully saturated rings. The first-order chi connectivity index (χ1) is 11.1. The maximum Gasteiger partial charge on any atom is 0.191 e. The minimum absolute atomic E-state index is 0.515. The van der Waals surface area contributed by atoms with E-state index in [0.29, 0.717) is 12.1 Å². The molecule has 0 aliphatic heterocycles. The minimum Gasteiger partial charge on any atom is -0.357 e. The van der Waals surface area contributed by atoms with Crippen molar-refractivity contribution in [2.24, 2.45) is 10.9 Å². The first kappa shape index (κ1) is 17.8. The highest BCUT2D eigenvalue weighted by Gasteiger charge is 2.33. The lowest BCUT2D eigenvalue weighted by molar-refractivity contribution is 0.240. The molecule has 0 aromatic heterocycles. The Labute approximate surface area is 141 Å². The number of aliphatic imine (C=N–C) groups is 1. The number of nitrogens with zero attached hydrogens (tertiary/aromatic N) is 2. The predicted octanol–water partition coefficient (Wildman–Crippen LogP) is 2.86. The van der Waals surface area contributed by atoms with Crippen LogP contribution in [0.4, 0.5) is 0 Å². The zero-order chi connectivity index (χ0) is 16.7. The first-order valence-electron chi connectivity index (χ1n) is 8.89. The molecule has 4 nitrogen and oxygen atoms in total. The van der Waals surface area contributed by atoms with E-state index in [1.165, 1.54) is 12.0 Å². The van der Waals surface area contributed by atoms with E-state index < -0.39 is 0 Å². The fourth-order valence-corrected chi connectivity index (χ4v) is 2.63. The van der Waals surface area contributed by atoms with Gasteiger partial charge in [0.1, 0.15) is 0 Å². The maximum atomic E-state index is 4.73. The fraction of sp³-hybridized carbons (Fsp3) is 0.632. The first-order valence-corrected chi connectivity index (χ1v) is 8.89. The largest absolute Gasteiger partial charge is 0.357 e. The van der Waals surface area contributed by atoms with Gasteiger partial charge in [0.25, 0.3) is 0 Å². The lowest BCUT2D eigenvalue weighted by Crippen LogP contribution is -2.39. The van der Waals surface area contributed by atoms with Crippen LogP contribution in [0.2, 0.25) is 0 Å². The number of hydrogen-bond donors (Lipinski definition) is 2. The molecule has 1 aromatic rings. The molecule has 4 heteroatoms. The van der Waals surface area contributed by atoms with Crippen molar-refractivity contribution in [1.82, 2.24) is 15.5 Å². The Morgan fingerprint density at radius 2 is 2.04 bits per heavy atom. The van der Waals surface area contributed by atoms with Gasteiger partial charge in [0, 0.05) is 31.7 Å². The van der Waals surface area contributed by atoms with Gasteiger partial charge in [0.05, 0.1) is 0 Å². The summed E-state index contributed by atoms with van der Waals surface area (Å²) in [5.41, 5.74) is 1.36. The molecule has 2 rings (SSSR count). The monoisotopic (exact) mass is 316 g/mol. The van der Waals surface area contributed by atoms with E-state index in [1.54, 1.807) is 0 Å². The number of nitrogens with one attached hydrogen (secondary N) is 2. The molecule has 0 amide bonds. The molecule has 0 saturated heterocycles. The van der Waals surface area contributed by atoms with Crippen LogP contribution in [-0.4, -0.2) is 43.1 Å². The molecule has 23 heavy (non-hydrogen) atoms. The highest BCUT2D eigenvalue weighted by molar-refractivity contribution is 5.80. The van der Waals surface area contributed by atoms with Gasteiger partial charge in [0.15, 0.2) is 5.96 Å². The summed E-state index contributed by atoms with van der Waals surface area (Å²) in [5.74, 6) is 1.76. The molecule has 0 radical (unpaired) electrons. The Kier molecular flexibility index (Phi) is 6.90. The van der Waals surface area contributed by atoms with Gasteiger partial charge in [-0.15, -0.1) is 0 Å². The molecule has 1 aromatic carbocycles. The summed E-state index contributed by atoms with van der Waals surface area (Å²) >= 11 is 0. The van der Waals surface area contributed by atoms with Crippen LogP contribution < -0.4 is 10.6 Å². The van der Waals surface area contributed by atoms with Crippen LogP contribution in [-0.2, 0) is 6.54 Å². The smallest absolute Gasteiger partial charge is 0.191 e. The molecule has 1 saturated carbocycles. The lowest BCUT2D eigenvalue weighted by Gasteiger charge is -2.24. The van der Waals surface area contributed by atoms with Gasteiger partial charge in [-0.1, -0.05) is 37.3 Å². The molecular weight excluding hydrogens is 284 g/mol. The van der Waals surface area contributed by atoms with Crippen LogP contribution in [0.15, 0.2) is 35.3 Å². The minimum atomic E-state index is 0.515. The molecule has 0 heterocycles. The van der Waals surface area contributed by atoms with Crippen molar-refractivity contribution in [3.63, 3.8) is 0 Å². The number of hydrogen-bond acceptors (Lipinski definition) is 2. The van der Waals surface area contributed by atoms with Crippen LogP contribution in [0.25, 0.3) is 0 Å².